The molecule has 0 radical (unpaired) electrons. The first-order valence-corrected chi connectivity index (χ1v) is 6.36. The molecule has 0 aliphatic heterocycles. The van der Waals surface area contributed by atoms with Crippen LogP contribution < -0.4 is 5.73 Å². The second-order valence-corrected chi connectivity index (χ2v) is 5.00. The number of hydrogen-bond donors (Lipinski definition) is 1. The Bertz CT molecular complexity index is 372. The third-order valence-corrected chi connectivity index (χ3v) is 3.76. The molecule has 1 fully saturated rings. The van der Waals surface area contributed by atoms with E-state index < -0.39 is 11.6 Å². The van der Waals surface area contributed by atoms with Crippen molar-refractivity contribution in [1.29, 1.82) is 0 Å². The third kappa shape index (κ3) is 3.25. The Morgan fingerprint density at radius 3 is 2.53 bits per heavy atom. The van der Waals surface area contributed by atoms with E-state index in [-0.39, 0.29) is 6.04 Å². The molecule has 0 heterocycles. The molecule has 1 aromatic rings. The van der Waals surface area contributed by atoms with Crippen molar-refractivity contribution >= 4 is 0 Å². The Morgan fingerprint density at radius 1 is 1.18 bits per heavy atom. The fourth-order valence-electron chi connectivity index (χ4n) is 2.65. The molecule has 2 N–H and O–H groups in total. The average molecular weight is 239 g/mol. The lowest BCUT2D eigenvalue weighted by Crippen LogP contribution is -2.28. The second kappa shape index (κ2) is 5.58. The van der Waals surface area contributed by atoms with Gasteiger partial charge in [0.15, 0.2) is 11.6 Å². The van der Waals surface area contributed by atoms with Crippen LogP contribution in [0.4, 0.5) is 8.78 Å². The molecule has 0 aromatic heterocycles. The molecule has 3 heteroatoms. The van der Waals surface area contributed by atoms with Gasteiger partial charge in [0.2, 0.25) is 0 Å². The summed E-state index contributed by atoms with van der Waals surface area (Å²) in [6.45, 7) is 0. The topological polar surface area (TPSA) is 26.0 Å². The summed E-state index contributed by atoms with van der Waals surface area (Å²) in [7, 11) is 0. The van der Waals surface area contributed by atoms with Gasteiger partial charge in [-0.2, -0.15) is 0 Å². The summed E-state index contributed by atoms with van der Waals surface area (Å²) in [6.07, 6.45) is 6.59. The van der Waals surface area contributed by atoms with Crippen LogP contribution in [0.3, 0.4) is 0 Å². The first-order valence-electron chi connectivity index (χ1n) is 6.36. The minimum atomic E-state index is -0.783. The molecule has 0 bridgehead atoms. The van der Waals surface area contributed by atoms with Crippen LogP contribution in [0.5, 0.6) is 0 Å². The summed E-state index contributed by atoms with van der Waals surface area (Å²) in [5.41, 5.74) is 6.96. The Balaban J connectivity index is 1.86. The molecular weight excluding hydrogens is 220 g/mol. The van der Waals surface area contributed by atoms with Crippen molar-refractivity contribution in [1.82, 2.24) is 0 Å². The van der Waals surface area contributed by atoms with E-state index >= 15 is 0 Å². The zero-order chi connectivity index (χ0) is 12.3. The first kappa shape index (κ1) is 12.5. The van der Waals surface area contributed by atoms with Crippen LogP contribution in [0.1, 0.15) is 37.7 Å². The Morgan fingerprint density at radius 2 is 1.88 bits per heavy atom. The van der Waals surface area contributed by atoms with E-state index in [1.807, 2.05) is 0 Å². The van der Waals surface area contributed by atoms with E-state index in [1.54, 1.807) is 6.07 Å². The zero-order valence-electron chi connectivity index (χ0n) is 9.96. The van der Waals surface area contributed by atoms with Crippen LogP contribution in [-0.2, 0) is 6.42 Å². The largest absolute Gasteiger partial charge is 0.327 e. The molecule has 2 rings (SSSR count). The Hall–Kier alpha value is -0.960. The average Bonchev–Trinajstić information content (AvgIpc) is 2.84. The van der Waals surface area contributed by atoms with Crippen molar-refractivity contribution in [2.75, 3.05) is 0 Å². The monoisotopic (exact) mass is 239 g/mol. The summed E-state index contributed by atoms with van der Waals surface area (Å²) in [4.78, 5) is 0. The van der Waals surface area contributed by atoms with Gasteiger partial charge in [-0.15, -0.1) is 0 Å². The van der Waals surface area contributed by atoms with Gasteiger partial charge in [0.05, 0.1) is 0 Å². The molecule has 1 aliphatic carbocycles. The molecule has 1 nitrogen and oxygen atoms in total. The van der Waals surface area contributed by atoms with Crippen LogP contribution in [0, 0.1) is 17.6 Å². The predicted molar refractivity (Wildman–Crippen MR) is 64.6 cm³/mol. The minimum Gasteiger partial charge on any atom is -0.327 e. The third-order valence-electron chi connectivity index (χ3n) is 3.76. The molecule has 1 unspecified atom stereocenters. The summed E-state index contributed by atoms with van der Waals surface area (Å²) >= 11 is 0. The van der Waals surface area contributed by atoms with E-state index in [9.17, 15) is 8.78 Å². The van der Waals surface area contributed by atoms with E-state index in [1.165, 1.54) is 37.8 Å². The molecule has 0 spiro atoms. The van der Waals surface area contributed by atoms with E-state index in [0.29, 0.717) is 5.92 Å². The SMILES string of the molecule is NC(CCc1ccc(F)c(F)c1)C1CCCC1. The number of benzene rings is 1. The molecule has 0 amide bonds. The highest BCUT2D eigenvalue weighted by molar-refractivity contribution is 5.18. The number of aryl methyl sites for hydroxylation is 1. The highest BCUT2D eigenvalue weighted by atomic mass is 19.2. The summed E-state index contributed by atoms with van der Waals surface area (Å²) < 4.78 is 25.7. The Labute approximate surface area is 101 Å². The molecule has 1 atom stereocenters. The lowest BCUT2D eigenvalue weighted by atomic mass is 9.93. The normalized spacial score (nSPS) is 18.5. The maximum absolute atomic E-state index is 13.0. The van der Waals surface area contributed by atoms with Crippen LogP contribution in [0.25, 0.3) is 0 Å². The first-order chi connectivity index (χ1) is 8.16. The summed E-state index contributed by atoms with van der Waals surface area (Å²) in [5.74, 6) is -0.925. The number of halogens is 2. The van der Waals surface area contributed by atoms with Gasteiger partial charge >= 0.3 is 0 Å². The molecule has 94 valence electrons. The van der Waals surface area contributed by atoms with Crippen LogP contribution in [0.2, 0.25) is 0 Å². The van der Waals surface area contributed by atoms with Gasteiger partial charge in [0.25, 0.3) is 0 Å². The van der Waals surface area contributed by atoms with Crippen LogP contribution in [-0.4, -0.2) is 6.04 Å². The van der Waals surface area contributed by atoms with Gasteiger partial charge in [-0.05, 0) is 49.3 Å². The highest BCUT2D eigenvalue weighted by Gasteiger charge is 2.21. The fourth-order valence-corrected chi connectivity index (χ4v) is 2.65. The molecule has 1 aromatic carbocycles. The van der Waals surface area contributed by atoms with Crippen LogP contribution >= 0.6 is 0 Å². The van der Waals surface area contributed by atoms with Crippen molar-refractivity contribution in [3.05, 3.63) is 35.4 Å². The van der Waals surface area contributed by atoms with Gasteiger partial charge in [0.1, 0.15) is 0 Å². The standard InChI is InChI=1S/C14H19F2N/c15-12-7-5-10(9-13(12)16)6-8-14(17)11-3-1-2-4-11/h5,7,9,11,14H,1-4,6,8,17H2. The maximum Gasteiger partial charge on any atom is 0.159 e. The lowest BCUT2D eigenvalue weighted by molar-refractivity contribution is 0.409. The predicted octanol–water partition coefficient (Wildman–Crippen LogP) is 3.41. The number of hydrogen-bond acceptors (Lipinski definition) is 1. The maximum atomic E-state index is 13.0. The molecule has 0 saturated heterocycles. The van der Waals surface area contributed by atoms with Gasteiger partial charge in [0, 0.05) is 6.04 Å². The zero-order valence-corrected chi connectivity index (χ0v) is 9.96. The highest BCUT2D eigenvalue weighted by Crippen LogP contribution is 2.28. The molecule has 1 aliphatic rings. The van der Waals surface area contributed by atoms with E-state index in [4.69, 9.17) is 5.73 Å². The van der Waals surface area contributed by atoms with Gasteiger partial charge in [-0.25, -0.2) is 8.78 Å². The van der Waals surface area contributed by atoms with E-state index in [2.05, 4.69) is 0 Å². The summed E-state index contributed by atoms with van der Waals surface area (Å²) in [6, 6.07) is 4.30. The lowest BCUT2D eigenvalue weighted by Gasteiger charge is -2.18. The van der Waals surface area contributed by atoms with Gasteiger partial charge in [-0.3, -0.25) is 0 Å². The van der Waals surface area contributed by atoms with Crippen molar-refractivity contribution in [3.63, 3.8) is 0 Å². The van der Waals surface area contributed by atoms with Gasteiger partial charge < -0.3 is 5.73 Å². The molecule has 17 heavy (non-hydrogen) atoms. The second-order valence-electron chi connectivity index (χ2n) is 5.00. The number of nitrogens with two attached hydrogens (primary N) is 1. The van der Waals surface area contributed by atoms with Crippen molar-refractivity contribution in [2.24, 2.45) is 11.7 Å². The number of rotatable bonds is 4. The minimum absolute atomic E-state index is 0.200. The van der Waals surface area contributed by atoms with Crippen molar-refractivity contribution < 1.29 is 8.78 Å². The van der Waals surface area contributed by atoms with Crippen LogP contribution in [0.15, 0.2) is 18.2 Å². The van der Waals surface area contributed by atoms with Gasteiger partial charge in [-0.1, -0.05) is 18.9 Å². The quantitative estimate of drug-likeness (QED) is 0.856. The van der Waals surface area contributed by atoms with Crippen molar-refractivity contribution in [2.45, 2.75) is 44.6 Å². The smallest absolute Gasteiger partial charge is 0.159 e. The van der Waals surface area contributed by atoms with E-state index in [0.717, 1.165) is 18.4 Å². The molecule has 1 saturated carbocycles. The molecular formula is C14H19F2N. The fraction of sp³-hybridized carbons (Fsp3) is 0.571. The Kier molecular flexibility index (Phi) is 4.11. The van der Waals surface area contributed by atoms with Crippen molar-refractivity contribution in [3.8, 4) is 0 Å². The summed E-state index contributed by atoms with van der Waals surface area (Å²) in [5, 5.41) is 0.